The monoisotopic (exact) mass is 390 g/mol. The van der Waals surface area contributed by atoms with Gasteiger partial charge >= 0.3 is 0 Å². The quantitative estimate of drug-likeness (QED) is 0.574. The number of hydrogen-bond acceptors (Lipinski definition) is 4. The largest absolute Gasteiger partial charge is 0.396 e. The summed E-state index contributed by atoms with van der Waals surface area (Å²) in [5.41, 5.74) is 3.62. The second kappa shape index (κ2) is 9.14. The number of aliphatic hydroxyl groups excluding tert-OH is 1. The first kappa shape index (κ1) is 18.9. The van der Waals surface area contributed by atoms with Crippen molar-refractivity contribution in [3.63, 3.8) is 0 Å². The van der Waals surface area contributed by atoms with E-state index >= 15 is 0 Å². The summed E-state index contributed by atoms with van der Waals surface area (Å²) in [7, 11) is 0. The molecule has 1 heterocycles. The van der Waals surface area contributed by atoms with Gasteiger partial charge < -0.3 is 10.4 Å². The van der Waals surface area contributed by atoms with Gasteiger partial charge in [-0.25, -0.2) is 0 Å². The predicted octanol–water partition coefficient (Wildman–Crippen LogP) is 3.77. The first-order chi connectivity index (χ1) is 12.7. The van der Waals surface area contributed by atoms with Crippen molar-refractivity contribution in [2.45, 2.75) is 19.5 Å². The number of aromatic nitrogens is 3. The third-order valence-corrected chi connectivity index (χ3v) is 4.49. The van der Waals surface area contributed by atoms with Gasteiger partial charge in [0.15, 0.2) is 0 Å². The van der Waals surface area contributed by atoms with Gasteiger partial charge in [-0.2, -0.15) is 15.0 Å². The predicted molar refractivity (Wildman–Crippen MR) is 104 cm³/mol. The fourth-order valence-electron chi connectivity index (χ4n) is 2.61. The van der Waals surface area contributed by atoms with Crippen LogP contribution in [0.2, 0.25) is 10.0 Å². The van der Waals surface area contributed by atoms with Crippen LogP contribution in [-0.4, -0.2) is 33.3 Å². The van der Waals surface area contributed by atoms with Crippen molar-refractivity contribution < 1.29 is 5.11 Å². The average molecular weight is 391 g/mol. The summed E-state index contributed by atoms with van der Waals surface area (Å²) in [5, 5.41) is 22.7. The number of benzene rings is 2. The van der Waals surface area contributed by atoms with Gasteiger partial charge in [-0.05, 0) is 30.7 Å². The third-order valence-electron chi connectivity index (χ3n) is 3.90. The van der Waals surface area contributed by atoms with E-state index < -0.39 is 0 Å². The zero-order valence-corrected chi connectivity index (χ0v) is 15.7. The number of aliphatic hydroxyl groups is 1. The van der Waals surface area contributed by atoms with Gasteiger partial charge in [0.25, 0.3) is 0 Å². The molecule has 2 aromatic carbocycles. The fraction of sp³-hybridized carbons (Fsp3) is 0.263. The maximum atomic E-state index is 8.92. The van der Waals surface area contributed by atoms with Crippen molar-refractivity contribution >= 4 is 23.2 Å². The number of nitrogens with zero attached hydrogens (tertiary/aromatic N) is 3. The Morgan fingerprint density at radius 1 is 1.04 bits per heavy atom. The number of nitrogens with one attached hydrogen (secondary N) is 1. The highest BCUT2D eigenvalue weighted by Gasteiger charge is 2.14. The van der Waals surface area contributed by atoms with E-state index in [4.69, 9.17) is 28.3 Å². The Kier molecular flexibility index (Phi) is 6.63. The van der Waals surface area contributed by atoms with E-state index in [-0.39, 0.29) is 6.61 Å². The molecule has 7 heteroatoms. The van der Waals surface area contributed by atoms with E-state index in [1.165, 1.54) is 0 Å². The fourth-order valence-corrected chi connectivity index (χ4v) is 3.07. The molecule has 136 valence electrons. The molecule has 0 radical (unpaired) electrons. The lowest BCUT2D eigenvalue weighted by atomic mass is 10.1. The summed E-state index contributed by atoms with van der Waals surface area (Å²) < 4.78 is 0. The minimum atomic E-state index is 0.167. The number of hydrogen-bond donors (Lipinski definition) is 2. The lowest BCUT2D eigenvalue weighted by Crippen LogP contribution is -2.16. The van der Waals surface area contributed by atoms with E-state index in [9.17, 15) is 0 Å². The van der Waals surface area contributed by atoms with Crippen LogP contribution in [0.1, 0.15) is 17.7 Å². The molecule has 0 unspecified atom stereocenters. The van der Waals surface area contributed by atoms with Crippen LogP contribution in [0.5, 0.6) is 0 Å². The molecule has 3 aromatic rings. The Balaban J connectivity index is 1.85. The van der Waals surface area contributed by atoms with Gasteiger partial charge in [-0.1, -0.05) is 59.6 Å². The molecule has 1 aromatic heterocycles. The molecule has 0 bridgehead atoms. The Morgan fingerprint density at radius 3 is 2.58 bits per heavy atom. The van der Waals surface area contributed by atoms with Gasteiger partial charge in [0, 0.05) is 28.8 Å². The Hall–Kier alpha value is -1.92. The van der Waals surface area contributed by atoms with Crippen molar-refractivity contribution in [3.8, 4) is 11.3 Å². The summed E-state index contributed by atoms with van der Waals surface area (Å²) >= 11 is 12.2. The molecule has 26 heavy (non-hydrogen) atoms. The van der Waals surface area contributed by atoms with Gasteiger partial charge in [0.2, 0.25) is 0 Å². The normalized spacial score (nSPS) is 11.0. The van der Waals surface area contributed by atoms with Gasteiger partial charge in [-0.15, -0.1) is 0 Å². The molecule has 5 nitrogen and oxygen atoms in total. The Labute approximate surface area is 162 Å². The molecule has 0 aliphatic carbocycles. The topological polar surface area (TPSA) is 63.0 Å². The molecular weight excluding hydrogens is 371 g/mol. The number of rotatable bonds is 8. The Bertz CT molecular complexity index is 852. The lowest BCUT2D eigenvalue weighted by Gasteiger charge is -2.04. The van der Waals surface area contributed by atoms with E-state index in [1.807, 2.05) is 42.5 Å². The van der Waals surface area contributed by atoms with Crippen molar-refractivity contribution in [2.75, 3.05) is 13.2 Å². The molecule has 0 fully saturated rings. The first-order valence-corrected chi connectivity index (χ1v) is 9.18. The van der Waals surface area contributed by atoms with Crippen LogP contribution < -0.4 is 5.32 Å². The van der Waals surface area contributed by atoms with Crippen LogP contribution >= 0.6 is 23.2 Å². The van der Waals surface area contributed by atoms with E-state index in [0.717, 1.165) is 29.1 Å². The highest BCUT2D eigenvalue weighted by molar-refractivity contribution is 6.35. The van der Waals surface area contributed by atoms with E-state index in [2.05, 4.69) is 15.5 Å². The molecule has 0 aliphatic rings. The minimum absolute atomic E-state index is 0.167. The molecule has 0 amide bonds. The zero-order valence-electron chi connectivity index (χ0n) is 14.2. The molecular formula is C19H20Cl2N4O. The summed E-state index contributed by atoms with van der Waals surface area (Å²) in [6.45, 7) is 1.94. The standard InChI is InChI=1S/C19H20Cl2N4O/c20-16-8-7-15(17(21)11-16)13-25-23-18(12-22-9-4-10-26)19(24-25)14-5-2-1-3-6-14/h1-3,5-8,11,22,26H,4,9-10,12-13H2. The van der Waals surface area contributed by atoms with Crippen LogP contribution in [-0.2, 0) is 13.1 Å². The maximum absolute atomic E-state index is 8.92. The molecule has 2 N–H and O–H groups in total. The van der Waals surface area contributed by atoms with Gasteiger partial charge in [0.1, 0.15) is 11.4 Å². The smallest absolute Gasteiger partial charge is 0.117 e. The summed E-state index contributed by atoms with van der Waals surface area (Å²) in [6, 6.07) is 15.4. The van der Waals surface area contributed by atoms with Gasteiger partial charge in [-0.3, -0.25) is 0 Å². The van der Waals surface area contributed by atoms with Crippen LogP contribution in [0.25, 0.3) is 11.3 Å². The molecule has 0 aliphatic heterocycles. The SMILES string of the molecule is OCCCNCc1nn(Cc2ccc(Cl)cc2Cl)nc1-c1ccccc1. The van der Waals surface area contributed by atoms with Crippen molar-refractivity contribution in [3.05, 3.63) is 69.8 Å². The number of halogens is 2. The van der Waals surface area contributed by atoms with Crippen molar-refractivity contribution in [1.82, 2.24) is 20.3 Å². The minimum Gasteiger partial charge on any atom is -0.396 e. The van der Waals surface area contributed by atoms with Crippen molar-refractivity contribution in [1.29, 1.82) is 0 Å². The molecule has 0 atom stereocenters. The molecule has 0 saturated carbocycles. The first-order valence-electron chi connectivity index (χ1n) is 8.42. The average Bonchev–Trinajstić information content (AvgIpc) is 3.05. The second-order valence-corrected chi connectivity index (χ2v) is 6.73. The molecule has 3 rings (SSSR count). The summed E-state index contributed by atoms with van der Waals surface area (Å²) in [4.78, 5) is 1.65. The van der Waals surface area contributed by atoms with E-state index in [0.29, 0.717) is 29.6 Å². The molecule has 0 saturated heterocycles. The lowest BCUT2D eigenvalue weighted by molar-refractivity contribution is 0.286. The van der Waals surface area contributed by atoms with Crippen LogP contribution in [0.15, 0.2) is 48.5 Å². The van der Waals surface area contributed by atoms with Crippen LogP contribution in [0, 0.1) is 0 Å². The zero-order chi connectivity index (χ0) is 18.4. The summed E-state index contributed by atoms with van der Waals surface area (Å²) in [6.07, 6.45) is 0.704. The highest BCUT2D eigenvalue weighted by Crippen LogP contribution is 2.23. The van der Waals surface area contributed by atoms with Crippen LogP contribution in [0.3, 0.4) is 0 Å². The maximum Gasteiger partial charge on any atom is 0.117 e. The molecule has 0 spiro atoms. The summed E-state index contributed by atoms with van der Waals surface area (Å²) in [5.74, 6) is 0. The van der Waals surface area contributed by atoms with E-state index in [1.54, 1.807) is 10.9 Å². The third kappa shape index (κ3) is 4.83. The Morgan fingerprint density at radius 2 is 1.85 bits per heavy atom. The van der Waals surface area contributed by atoms with Gasteiger partial charge in [0.05, 0.1) is 6.54 Å². The highest BCUT2D eigenvalue weighted by atomic mass is 35.5. The second-order valence-electron chi connectivity index (χ2n) is 5.88. The van der Waals surface area contributed by atoms with Crippen LogP contribution in [0.4, 0.5) is 0 Å². The van der Waals surface area contributed by atoms with Crippen molar-refractivity contribution in [2.24, 2.45) is 0 Å².